The predicted molar refractivity (Wildman–Crippen MR) is 84.7 cm³/mol. The van der Waals surface area contributed by atoms with Gasteiger partial charge in [0.1, 0.15) is 0 Å². The summed E-state index contributed by atoms with van der Waals surface area (Å²) in [7, 11) is 0. The minimum absolute atomic E-state index is 0.313. The molecule has 0 atom stereocenters. The Hall–Kier alpha value is -2.50. The molecule has 2 heterocycles. The van der Waals surface area contributed by atoms with E-state index in [1.165, 1.54) is 10.8 Å². The Balaban J connectivity index is 2.36. The molecule has 0 fully saturated rings. The van der Waals surface area contributed by atoms with Crippen LogP contribution in [0.4, 0.5) is 5.69 Å². The average Bonchev–Trinajstić information content (AvgIpc) is 2.53. The lowest BCUT2D eigenvalue weighted by Gasteiger charge is -2.08. The summed E-state index contributed by atoms with van der Waals surface area (Å²) < 4.78 is 1.42. The summed E-state index contributed by atoms with van der Waals surface area (Å²) in [6.45, 7) is 2.62. The minimum Gasteiger partial charge on any atom is -0.310 e. The van der Waals surface area contributed by atoms with Crippen molar-refractivity contribution in [2.75, 3.05) is 0 Å². The normalized spacial score (nSPS) is 10.6. The van der Waals surface area contributed by atoms with E-state index in [2.05, 4.69) is 11.9 Å². The van der Waals surface area contributed by atoms with Crippen LogP contribution >= 0.6 is 0 Å². The van der Waals surface area contributed by atoms with Gasteiger partial charge in [0.05, 0.1) is 10.5 Å². The molecule has 0 aliphatic heterocycles. The largest absolute Gasteiger partial charge is 0.341 e. The maximum Gasteiger partial charge on any atom is 0.341 e. The third-order valence-electron chi connectivity index (χ3n) is 3.55. The van der Waals surface area contributed by atoms with Gasteiger partial charge in [0.2, 0.25) is 0 Å². The topological polar surface area (TPSA) is 78.0 Å². The molecule has 2 aromatic heterocycles. The van der Waals surface area contributed by atoms with Crippen molar-refractivity contribution < 1.29 is 4.92 Å². The van der Waals surface area contributed by atoms with Gasteiger partial charge in [-0.25, -0.2) is 0 Å². The summed E-state index contributed by atoms with van der Waals surface area (Å²) in [5.74, 6) is 0. The number of aryl methyl sites for hydroxylation is 1. The van der Waals surface area contributed by atoms with Crippen molar-refractivity contribution in [2.24, 2.45) is 0 Å². The van der Waals surface area contributed by atoms with Crippen molar-refractivity contribution in [3.8, 4) is 11.1 Å². The van der Waals surface area contributed by atoms with Gasteiger partial charge in [-0.2, -0.15) is 0 Å². The van der Waals surface area contributed by atoms with Crippen LogP contribution in [-0.4, -0.2) is 14.5 Å². The van der Waals surface area contributed by atoms with Crippen molar-refractivity contribution >= 4 is 5.69 Å². The number of unbranched alkanes of at least 4 members (excludes halogenated alkanes) is 3. The summed E-state index contributed by atoms with van der Waals surface area (Å²) in [6, 6.07) is 5.02. The molecule has 0 unspecified atom stereocenters. The van der Waals surface area contributed by atoms with E-state index in [-0.39, 0.29) is 5.69 Å². The van der Waals surface area contributed by atoms with Crippen LogP contribution in [0, 0.1) is 10.1 Å². The van der Waals surface area contributed by atoms with E-state index in [0.29, 0.717) is 17.7 Å². The molecule has 0 amide bonds. The average molecular weight is 301 g/mol. The minimum atomic E-state index is -0.604. The van der Waals surface area contributed by atoms with Crippen LogP contribution < -0.4 is 5.56 Å². The lowest BCUT2D eigenvalue weighted by Crippen LogP contribution is -2.23. The second-order valence-corrected chi connectivity index (χ2v) is 5.14. The Morgan fingerprint density at radius 1 is 1.27 bits per heavy atom. The molecule has 0 saturated carbocycles. The van der Waals surface area contributed by atoms with Crippen molar-refractivity contribution in [3.05, 3.63) is 57.3 Å². The molecule has 6 nitrogen and oxygen atoms in total. The van der Waals surface area contributed by atoms with E-state index >= 15 is 0 Å². The maximum atomic E-state index is 12.4. The molecule has 2 rings (SSSR count). The third-order valence-corrected chi connectivity index (χ3v) is 3.55. The van der Waals surface area contributed by atoms with Crippen LogP contribution in [0.2, 0.25) is 0 Å². The van der Waals surface area contributed by atoms with E-state index < -0.39 is 10.5 Å². The number of hydrogen-bond donors (Lipinski definition) is 0. The van der Waals surface area contributed by atoms with Gasteiger partial charge in [-0.3, -0.25) is 19.9 Å². The van der Waals surface area contributed by atoms with Gasteiger partial charge < -0.3 is 4.57 Å². The second-order valence-electron chi connectivity index (χ2n) is 5.14. The van der Waals surface area contributed by atoms with Crippen LogP contribution in [0.3, 0.4) is 0 Å². The molecule has 0 N–H and O–H groups in total. The summed E-state index contributed by atoms with van der Waals surface area (Å²) in [4.78, 5) is 27.0. The molecule has 116 valence electrons. The summed E-state index contributed by atoms with van der Waals surface area (Å²) >= 11 is 0. The first-order valence-corrected chi connectivity index (χ1v) is 7.43. The molecule has 0 aliphatic carbocycles. The van der Waals surface area contributed by atoms with E-state index in [1.54, 1.807) is 30.6 Å². The molecular weight excluding hydrogens is 282 g/mol. The van der Waals surface area contributed by atoms with Crippen LogP contribution in [0.5, 0.6) is 0 Å². The molecule has 0 spiro atoms. The molecular formula is C16H19N3O3. The van der Waals surface area contributed by atoms with Crippen molar-refractivity contribution in [1.82, 2.24) is 9.55 Å². The lowest BCUT2D eigenvalue weighted by molar-refractivity contribution is -0.385. The molecule has 0 aliphatic rings. The first-order valence-electron chi connectivity index (χ1n) is 7.43. The number of nitro groups is 1. The zero-order chi connectivity index (χ0) is 15.9. The fourth-order valence-corrected chi connectivity index (χ4v) is 2.38. The first kappa shape index (κ1) is 15.9. The predicted octanol–water partition coefficient (Wildman–Crippen LogP) is 3.40. The SMILES string of the molecule is CCCCCCn1ccc(-c2cccnc2)c([N+](=O)[O-])c1=O. The standard InChI is InChI=1S/C16H19N3O3/c1-2-3-4-5-10-18-11-8-14(13-7-6-9-17-12-13)15(16(18)20)19(21)22/h6-9,11-12H,2-5,10H2,1H3. The van der Waals surface area contributed by atoms with Crippen molar-refractivity contribution in [1.29, 1.82) is 0 Å². The van der Waals surface area contributed by atoms with Crippen LogP contribution in [-0.2, 0) is 6.54 Å². The van der Waals surface area contributed by atoms with Crippen LogP contribution in [0.1, 0.15) is 32.6 Å². The van der Waals surface area contributed by atoms with Gasteiger partial charge in [-0.1, -0.05) is 32.3 Å². The van der Waals surface area contributed by atoms with Crippen molar-refractivity contribution in [2.45, 2.75) is 39.2 Å². The van der Waals surface area contributed by atoms with E-state index in [9.17, 15) is 14.9 Å². The third kappa shape index (κ3) is 3.58. The molecule has 0 bridgehead atoms. The molecule has 0 aromatic carbocycles. The number of pyridine rings is 2. The Kier molecular flexibility index (Phi) is 5.41. The molecule has 6 heteroatoms. The fourth-order valence-electron chi connectivity index (χ4n) is 2.38. The van der Waals surface area contributed by atoms with Gasteiger partial charge in [0, 0.05) is 30.7 Å². The van der Waals surface area contributed by atoms with Gasteiger partial charge in [-0.05, 0) is 18.6 Å². The second kappa shape index (κ2) is 7.49. The maximum absolute atomic E-state index is 12.4. The Labute approximate surface area is 128 Å². The highest BCUT2D eigenvalue weighted by atomic mass is 16.6. The van der Waals surface area contributed by atoms with Crippen LogP contribution in [0.25, 0.3) is 11.1 Å². The number of hydrogen-bond acceptors (Lipinski definition) is 4. The summed E-state index contributed by atoms with van der Waals surface area (Å²) in [6.07, 6.45) is 8.80. The highest BCUT2D eigenvalue weighted by Crippen LogP contribution is 2.25. The van der Waals surface area contributed by atoms with E-state index in [1.807, 2.05) is 0 Å². The summed E-state index contributed by atoms with van der Waals surface area (Å²) in [5.41, 5.74) is -0.0498. The number of aromatic nitrogens is 2. The molecule has 22 heavy (non-hydrogen) atoms. The Morgan fingerprint density at radius 3 is 2.73 bits per heavy atom. The Bertz CT molecular complexity index is 696. The zero-order valence-corrected chi connectivity index (χ0v) is 12.6. The van der Waals surface area contributed by atoms with E-state index in [0.717, 1.165) is 25.7 Å². The van der Waals surface area contributed by atoms with Crippen LogP contribution in [0.15, 0.2) is 41.6 Å². The zero-order valence-electron chi connectivity index (χ0n) is 12.6. The number of nitrogens with zero attached hydrogens (tertiary/aromatic N) is 3. The molecule has 2 aromatic rings. The highest BCUT2D eigenvalue weighted by Gasteiger charge is 2.22. The quantitative estimate of drug-likeness (QED) is 0.446. The van der Waals surface area contributed by atoms with Crippen molar-refractivity contribution in [3.63, 3.8) is 0 Å². The molecule has 0 radical (unpaired) electrons. The molecule has 0 saturated heterocycles. The lowest BCUT2D eigenvalue weighted by atomic mass is 10.1. The number of rotatable bonds is 7. The fraction of sp³-hybridized carbons (Fsp3) is 0.375. The van der Waals surface area contributed by atoms with Gasteiger partial charge >= 0.3 is 11.2 Å². The van der Waals surface area contributed by atoms with Gasteiger partial charge in [-0.15, -0.1) is 0 Å². The Morgan fingerprint density at radius 2 is 2.09 bits per heavy atom. The monoisotopic (exact) mass is 301 g/mol. The summed E-state index contributed by atoms with van der Waals surface area (Å²) in [5, 5.41) is 11.3. The first-order chi connectivity index (χ1) is 10.6. The van der Waals surface area contributed by atoms with E-state index in [4.69, 9.17) is 0 Å². The highest BCUT2D eigenvalue weighted by molar-refractivity contribution is 5.71. The van der Waals surface area contributed by atoms with Gasteiger partial charge in [0.25, 0.3) is 0 Å². The smallest absolute Gasteiger partial charge is 0.310 e. The van der Waals surface area contributed by atoms with Gasteiger partial charge in [0.15, 0.2) is 0 Å².